The first-order chi connectivity index (χ1) is 23.0. The van der Waals surface area contributed by atoms with E-state index >= 15 is 0 Å². The van der Waals surface area contributed by atoms with E-state index in [1.165, 1.54) is 22.3 Å². The lowest BCUT2D eigenvalue weighted by Gasteiger charge is -2.16. The van der Waals surface area contributed by atoms with Crippen LogP contribution < -0.4 is 0 Å². The number of nitrogens with zero attached hydrogens (tertiary/aromatic N) is 6. The zero-order valence-electron chi connectivity index (χ0n) is 29.9. The molecule has 0 radical (unpaired) electrons. The Hall–Kier alpha value is -4.58. The molecule has 248 valence electrons. The summed E-state index contributed by atoms with van der Waals surface area (Å²) in [6, 6.07) is 29.9. The normalized spacial score (nSPS) is 22.0. The summed E-state index contributed by atoms with van der Waals surface area (Å²) in [5.41, 5.74) is 12.2. The van der Waals surface area contributed by atoms with Gasteiger partial charge >= 0.3 is 0 Å². The van der Waals surface area contributed by atoms with Gasteiger partial charge in [-0.15, -0.1) is 0 Å². The molecule has 4 bridgehead atoms. The SMILES string of the molecule is C/C1=N\CC(Cc2ccc(C(C)C)cc2)/N=C(\C)c2cccc(n2)/C(C)=N/CC(Cc2ccc(C(C)C)cc2)/N=C(\C)c2cccc1n2. The molecule has 0 aliphatic carbocycles. The van der Waals surface area contributed by atoms with Crippen molar-refractivity contribution >= 4 is 22.8 Å². The highest BCUT2D eigenvalue weighted by Gasteiger charge is 2.15. The third kappa shape index (κ3) is 9.27. The summed E-state index contributed by atoms with van der Waals surface area (Å²) in [7, 11) is 0. The lowest BCUT2D eigenvalue weighted by molar-refractivity contribution is 0.680. The lowest BCUT2D eigenvalue weighted by Crippen LogP contribution is -2.19. The fourth-order valence-corrected chi connectivity index (χ4v) is 5.93. The maximum Gasteiger partial charge on any atom is 0.0845 e. The van der Waals surface area contributed by atoms with E-state index in [4.69, 9.17) is 29.9 Å². The number of pyridine rings is 2. The van der Waals surface area contributed by atoms with Gasteiger partial charge in [-0.05, 0) is 98.9 Å². The minimum absolute atomic E-state index is 0.0502. The Kier molecular flexibility index (Phi) is 11.6. The van der Waals surface area contributed by atoms with E-state index in [-0.39, 0.29) is 12.1 Å². The van der Waals surface area contributed by atoms with Gasteiger partial charge in [-0.3, -0.25) is 20.0 Å². The van der Waals surface area contributed by atoms with E-state index in [0.717, 1.165) is 58.5 Å². The Labute approximate surface area is 287 Å². The summed E-state index contributed by atoms with van der Waals surface area (Å²) in [6.45, 7) is 18.2. The summed E-state index contributed by atoms with van der Waals surface area (Å²) in [5, 5.41) is 0. The third-order valence-electron chi connectivity index (χ3n) is 9.05. The van der Waals surface area contributed by atoms with Crippen molar-refractivity contribution in [2.45, 2.75) is 92.2 Å². The van der Waals surface area contributed by atoms with Gasteiger partial charge < -0.3 is 0 Å². The maximum atomic E-state index is 5.21. The first kappa shape index (κ1) is 34.7. The zero-order valence-corrected chi connectivity index (χ0v) is 29.9. The molecule has 0 fully saturated rings. The van der Waals surface area contributed by atoms with Crippen molar-refractivity contribution in [1.82, 2.24) is 9.97 Å². The fraction of sp³-hybridized carbons (Fsp3) is 0.381. The average Bonchev–Trinajstić information content (AvgIpc) is 3.09. The number of rotatable bonds is 6. The number of aromatic nitrogens is 2. The van der Waals surface area contributed by atoms with Gasteiger partial charge in [0.1, 0.15) is 0 Å². The van der Waals surface area contributed by atoms with Crippen LogP contribution in [0.25, 0.3) is 0 Å². The molecule has 4 aromatic rings. The van der Waals surface area contributed by atoms with Crippen molar-refractivity contribution in [3.05, 3.63) is 130 Å². The third-order valence-corrected chi connectivity index (χ3v) is 9.05. The van der Waals surface area contributed by atoms with Crippen LogP contribution in [0.3, 0.4) is 0 Å². The first-order valence-electron chi connectivity index (χ1n) is 17.3. The molecule has 1 aliphatic rings. The molecular weight excluding hydrogens is 589 g/mol. The molecule has 0 amide bonds. The Bertz CT molecular complexity index is 1670. The van der Waals surface area contributed by atoms with Gasteiger partial charge in [-0.2, -0.15) is 0 Å². The Morgan fingerprint density at radius 1 is 0.479 bits per heavy atom. The van der Waals surface area contributed by atoms with Crippen molar-refractivity contribution < 1.29 is 0 Å². The highest BCUT2D eigenvalue weighted by Crippen LogP contribution is 2.19. The van der Waals surface area contributed by atoms with Gasteiger partial charge in [0.15, 0.2) is 0 Å². The van der Waals surface area contributed by atoms with E-state index in [1.54, 1.807) is 0 Å². The molecule has 1 aliphatic heterocycles. The molecule has 0 saturated carbocycles. The molecule has 0 saturated heterocycles. The summed E-state index contributed by atoms with van der Waals surface area (Å²) < 4.78 is 0. The molecule has 2 atom stereocenters. The number of hydrogen-bond donors (Lipinski definition) is 0. The van der Waals surface area contributed by atoms with E-state index in [2.05, 4.69) is 76.2 Å². The van der Waals surface area contributed by atoms with E-state index in [0.29, 0.717) is 24.9 Å². The number of hydrogen-bond acceptors (Lipinski definition) is 6. The van der Waals surface area contributed by atoms with Crippen LogP contribution in [0.15, 0.2) is 105 Å². The maximum absolute atomic E-state index is 5.21. The Morgan fingerprint density at radius 2 is 0.812 bits per heavy atom. The molecule has 6 nitrogen and oxygen atoms in total. The predicted molar refractivity (Wildman–Crippen MR) is 203 cm³/mol. The van der Waals surface area contributed by atoms with Crippen LogP contribution in [0.2, 0.25) is 0 Å². The van der Waals surface area contributed by atoms with Gasteiger partial charge in [0.25, 0.3) is 0 Å². The molecule has 5 rings (SSSR count). The summed E-state index contributed by atoms with van der Waals surface area (Å²) in [6.07, 6.45) is 1.57. The standard InChI is InChI=1S/C42H50N6/c1-27(2)35-19-15-33(16-20-35)23-37-25-43-29(5)39-11-10-14-42(48-39)32(8)46-38(24-34-17-21-36(22-18-34)28(3)4)26-44-30(6)40-12-9-13-41(47-40)31(7)45-37/h9-22,27-28,37-38H,23-26H2,1-8H3/b43-29+,44-30+,45-31+,46-32+. The minimum Gasteiger partial charge on any atom is -0.286 e. The molecule has 2 aromatic heterocycles. The van der Waals surface area contributed by atoms with E-state index in [9.17, 15) is 0 Å². The molecule has 3 heterocycles. The molecule has 2 unspecified atom stereocenters. The highest BCUT2D eigenvalue weighted by molar-refractivity contribution is 6.02. The fourth-order valence-electron chi connectivity index (χ4n) is 5.93. The summed E-state index contributed by atoms with van der Waals surface area (Å²) in [5.74, 6) is 0.996. The molecule has 0 N–H and O–H groups in total. The first-order valence-corrected chi connectivity index (χ1v) is 17.3. The Morgan fingerprint density at radius 3 is 1.15 bits per heavy atom. The van der Waals surface area contributed by atoms with E-state index in [1.807, 2.05) is 64.1 Å². The van der Waals surface area contributed by atoms with Crippen molar-refractivity contribution in [3.8, 4) is 0 Å². The van der Waals surface area contributed by atoms with Crippen LogP contribution >= 0.6 is 0 Å². The van der Waals surface area contributed by atoms with Crippen LogP contribution in [0, 0.1) is 0 Å². The van der Waals surface area contributed by atoms with Gasteiger partial charge in [0, 0.05) is 0 Å². The molecule has 48 heavy (non-hydrogen) atoms. The summed E-state index contributed by atoms with van der Waals surface area (Å²) >= 11 is 0. The van der Waals surface area contributed by atoms with Gasteiger partial charge in [0.2, 0.25) is 0 Å². The quantitative estimate of drug-likeness (QED) is 0.212. The van der Waals surface area contributed by atoms with Crippen LogP contribution in [0.5, 0.6) is 0 Å². The van der Waals surface area contributed by atoms with Crippen LogP contribution in [0.4, 0.5) is 0 Å². The largest absolute Gasteiger partial charge is 0.286 e. The monoisotopic (exact) mass is 638 g/mol. The van der Waals surface area contributed by atoms with Crippen molar-refractivity contribution in [2.24, 2.45) is 20.0 Å². The second-order valence-electron chi connectivity index (χ2n) is 13.6. The molecular formula is C42H50N6. The lowest BCUT2D eigenvalue weighted by atomic mass is 9.99. The highest BCUT2D eigenvalue weighted by atomic mass is 14.9. The van der Waals surface area contributed by atoms with Gasteiger partial charge in [0.05, 0.1) is 70.8 Å². The van der Waals surface area contributed by atoms with Gasteiger partial charge in [-0.25, -0.2) is 9.97 Å². The van der Waals surface area contributed by atoms with E-state index < -0.39 is 0 Å². The second-order valence-corrected chi connectivity index (χ2v) is 13.6. The predicted octanol–water partition coefficient (Wildman–Crippen LogP) is 8.90. The van der Waals surface area contributed by atoms with Crippen molar-refractivity contribution in [3.63, 3.8) is 0 Å². The molecule has 0 spiro atoms. The Balaban J connectivity index is 1.52. The van der Waals surface area contributed by atoms with Crippen LogP contribution in [-0.4, -0.2) is 58.0 Å². The smallest absolute Gasteiger partial charge is 0.0845 e. The van der Waals surface area contributed by atoms with Crippen molar-refractivity contribution in [1.29, 1.82) is 0 Å². The number of fused-ring (bicyclic) bond motifs is 4. The van der Waals surface area contributed by atoms with Crippen LogP contribution in [-0.2, 0) is 12.8 Å². The topological polar surface area (TPSA) is 75.2 Å². The molecule has 6 heteroatoms. The van der Waals surface area contributed by atoms with Crippen molar-refractivity contribution in [2.75, 3.05) is 13.1 Å². The number of aliphatic imine (C=N–C) groups is 4. The average molecular weight is 639 g/mol. The second kappa shape index (κ2) is 16.0. The number of benzene rings is 2. The minimum atomic E-state index is -0.0502. The zero-order chi connectivity index (χ0) is 34.2. The van der Waals surface area contributed by atoms with Crippen LogP contribution in [0.1, 0.15) is 112 Å². The molecule has 2 aromatic carbocycles. The summed E-state index contributed by atoms with van der Waals surface area (Å²) in [4.78, 5) is 30.5. The van der Waals surface area contributed by atoms with Gasteiger partial charge in [-0.1, -0.05) is 88.4 Å².